The second-order valence-corrected chi connectivity index (χ2v) is 7.41. The highest BCUT2D eigenvalue weighted by Gasteiger charge is 2.06. The number of aliphatic imine (C=N–C) groups is 1. The van der Waals surface area contributed by atoms with Gasteiger partial charge in [-0.25, -0.2) is 4.98 Å². The molecule has 0 spiro atoms. The van der Waals surface area contributed by atoms with E-state index in [1.807, 2.05) is 36.7 Å². The predicted molar refractivity (Wildman–Crippen MR) is 126 cm³/mol. The van der Waals surface area contributed by atoms with Crippen molar-refractivity contribution in [2.24, 2.45) is 4.99 Å². The summed E-state index contributed by atoms with van der Waals surface area (Å²) < 4.78 is 8.12. The fourth-order valence-electron chi connectivity index (χ4n) is 3.36. The summed E-state index contributed by atoms with van der Waals surface area (Å²) in [5, 5.41) is 6.72. The summed E-state index contributed by atoms with van der Waals surface area (Å²) in [6.45, 7) is 5.21. The number of benzene rings is 2. The molecule has 31 heavy (non-hydrogen) atoms. The molecule has 0 saturated heterocycles. The maximum atomic E-state index is 5.92. The molecule has 0 saturated carbocycles. The number of guanidine groups is 1. The Bertz CT molecular complexity index is 908. The van der Waals surface area contributed by atoms with Crippen molar-refractivity contribution >= 4 is 5.96 Å². The van der Waals surface area contributed by atoms with Crippen LogP contribution < -0.4 is 10.6 Å². The van der Waals surface area contributed by atoms with Gasteiger partial charge >= 0.3 is 0 Å². The van der Waals surface area contributed by atoms with Gasteiger partial charge in [0.15, 0.2) is 5.96 Å². The van der Waals surface area contributed by atoms with E-state index in [-0.39, 0.29) is 6.10 Å². The molecule has 6 heteroatoms. The van der Waals surface area contributed by atoms with Crippen molar-refractivity contribution in [1.29, 1.82) is 0 Å². The van der Waals surface area contributed by atoms with Crippen LogP contribution in [0.25, 0.3) is 0 Å². The summed E-state index contributed by atoms with van der Waals surface area (Å²) >= 11 is 0. The third-order valence-corrected chi connectivity index (χ3v) is 5.11. The van der Waals surface area contributed by atoms with Crippen LogP contribution >= 0.6 is 0 Å². The third-order valence-electron chi connectivity index (χ3n) is 5.11. The van der Waals surface area contributed by atoms with E-state index in [9.17, 15) is 0 Å². The Labute approximate surface area is 185 Å². The fourth-order valence-corrected chi connectivity index (χ4v) is 3.36. The number of ether oxygens (including phenoxy) is 1. The second kappa shape index (κ2) is 12.5. The van der Waals surface area contributed by atoms with Crippen LogP contribution in [0, 0.1) is 0 Å². The number of hydrogen-bond acceptors (Lipinski definition) is 3. The van der Waals surface area contributed by atoms with Crippen molar-refractivity contribution in [3.8, 4) is 0 Å². The van der Waals surface area contributed by atoms with Gasteiger partial charge in [0.25, 0.3) is 0 Å². The van der Waals surface area contributed by atoms with Gasteiger partial charge in [-0.2, -0.15) is 0 Å². The number of hydrogen-bond donors (Lipinski definition) is 2. The van der Waals surface area contributed by atoms with Gasteiger partial charge in [0.1, 0.15) is 5.82 Å². The number of nitrogens with zero attached hydrogens (tertiary/aromatic N) is 3. The van der Waals surface area contributed by atoms with Gasteiger partial charge in [0.2, 0.25) is 0 Å². The molecule has 0 aliphatic heterocycles. The van der Waals surface area contributed by atoms with Crippen molar-refractivity contribution in [2.75, 3.05) is 26.7 Å². The van der Waals surface area contributed by atoms with Gasteiger partial charge in [-0.1, -0.05) is 60.7 Å². The van der Waals surface area contributed by atoms with E-state index in [0.717, 1.165) is 44.3 Å². The molecule has 3 aromatic rings. The van der Waals surface area contributed by atoms with Crippen LogP contribution in [-0.2, 0) is 17.7 Å². The molecule has 1 unspecified atom stereocenters. The van der Waals surface area contributed by atoms with Gasteiger partial charge in [0, 0.05) is 52.1 Å². The van der Waals surface area contributed by atoms with Gasteiger partial charge in [-0.15, -0.1) is 0 Å². The number of nitrogens with one attached hydrogen (secondary N) is 2. The summed E-state index contributed by atoms with van der Waals surface area (Å²) in [4.78, 5) is 8.81. The molecule has 2 aromatic carbocycles. The molecule has 0 aliphatic rings. The zero-order valence-electron chi connectivity index (χ0n) is 18.5. The monoisotopic (exact) mass is 419 g/mol. The summed E-state index contributed by atoms with van der Waals surface area (Å²) in [6, 6.07) is 20.7. The lowest BCUT2D eigenvalue weighted by Crippen LogP contribution is -2.39. The van der Waals surface area contributed by atoms with E-state index in [1.54, 1.807) is 7.05 Å². The first-order chi connectivity index (χ1) is 15.3. The van der Waals surface area contributed by atoms with E-state index in [2.05, 4.69) is 68.5 Å². The lowest BCUT2D eigenvalue weighted by molar-refractivity contribution is 0.0646. The summed E-state index contributed by atoms with van der Waals surface area (Å²) in [5.41, 5.74) is 2.48. The molecule has 0 fully saturated rings. The Kier molecular flexibility index (Phi) is 9.13. The highest BCUT2D eigenvalue weighted by molar-refractivity contribution is 5.79. The van der Waals surface area contributed by atoms with Crippen LogP contribution in [0.4, 0.5) is 0 Å². The Hall–Kier alpha value is -3.12. The average molecular weight is 420 g/mol. The molecular formula is C25H33N5O. The van der Waals surface area contributed by atoms with Crippen LogP contribution in [0.15, 0.2) is 78.0 Å². The van der Waals surface area contributed by atoms with E-state index >= 15 is 0 Å². The fraction of sp³-hybridized carbons (Fsp3) is 0.360. The predicted octanol–water partition coefficient (Wildman–Crippen LogP) is 3.81. The first-order valence-electron chi connectivity index (χ1n) is 10.9. The van der Waals surface area contributed by atoms with Crippen molar-refractivity contribution in [3.63, 3.8) is 0 Å². The minimum atomic E-state index is 0.110. The summed E-state index contributed by atoms with van der Waals surface area (Å²) in [5.74, 6) is 1.87. The number of aromatic nitrogens is 2. The Balaban J connectivity index is 1.33. The zero-order valence-corrected chi connectivity index (χ0v) is 18.5. The normalized spacial score (nSPS) is 12.5. The largest absolute Gasteiger partial charge is 0.374 e. The first-order valence-corrected chi connectivity index (χ1v) is 10.9. The molecular weight excluding hydrogens is 386 g/mol. The van der Waals surface area contributed by atoms with Crippen molar-refractivity contribution < 1.29 is 4.74 Å². The molecule has 0 aliphatic carbocycles. The molecule has 3 rings (SSSR count). The van der Waals surface area contributed by atoms with Crippen molar-refractivity contribution in [2.45, 2.75) is 32.4 Å². The van der Waals surface area contributed by atoms with Crippen LogP contribution in [-0.4, -0.2) is 42.3 Å². The highest BCUT2D eigenvalue weighted by atomic mass is 16.5. The number of rotatable bonds is 11. The van der Waals surface area contributed by atoms with Crippen LogP contribution in [0.2, 0.25) is 0 Å². The first kappa shape index (κ1) is 22.6. The van der Waals surface area contributed by atoms with Gasteiger partial charge in [-0.3, -0.25) is 4.99 Å². The minimum absolute atomic E-state index is 0.110. The maximum Gasteiger partial charge on any atom is 0.190 e. The molecule has 0 bridgehead atoms. The van der Waals surface area contributed by atoms with Crippen LogP contribution in [0.1, 0.15) is 36.4 Å². The topological polar surface area (TPSA) is 63.5 Å². The quantitative estimate of drug-likeness (QED) is 0.282. The molecule has 0 amide bonds. The van der Waals surface area contributed by atoms with Crippen molar-refractivity contribution in [3.05, 3.63) is 90.0 Å². The van der Waals surface area contributed by atoms with Crippen molar-refractivity contribution in [1.82, 2.24) is 20.2 Å². The van der Waals surface area contributed by atoms with Crippen LogP contribution in [0.5, 0.6) is 0 Å². The maximum absolute atomic E-state index is 5.92. The highest BCUT2D eigenvalue weighted by Crippen LogP contribution is 2.15. The SMILES string of the molecule is CN=C(NCCCOC(C)c1ccccc1)NCCc1nccn1Cc1ccccc1. The standard InChI is InChI=1S/C25H33N5O/c1-21(23-12-7-4-8-13-23)31-19-9-15-28-25(26-2)29-16-14-24-27-17-18-30(24)20-22-10-5-3-6-11-22/h3-8,10-13,17-18,21H,9,14-16,19-20H2,1-2H3,(H2,26,28,29). The smallest absolute Gasteiger partial charge is 0.190 e. The Morgan fingerprint density at radius 2 is 1.74 bits per heavy atom. The lowest BCUT2D eigenvalue weighted by Gasteiger charge is -2.15. The molecule has 2 N–H and O–H groups in total. The van der Waals surface area contributed by atoms with E-state index in [4.69, 9.17) is 4.74 Å². The van der Waals surface area contributed by atoms with E-state index < -0.39 is 0 Å². The van der Waals surface area contributed by atoms with E-state index in [1.165, 1.54) is 11.1 Å². The minimum Gasteiger partial charge on any atom is -0.374 e. The molecule has 0 radical (unpaired) electrons. The Morgan fingerprint density at radius 3 is 2.48 bits per heavy atom. The van der Waals surface area contributed by atoms with Gasteiger partial charge in [0.05, 0.1) is 6.10 Å². The second-order valence-electron chi connectivity index (χ2n) is 7.41. The molecule has 1 atom stereocenters. The third kappa shape index (κ3) is 7.57. The molecule has 1 aromatic heterocycles. The molecule has 6 nitrogen and oxygen atoms in total. The van der Waals surface area contributed by atoms with Gasteiger partial charge < -0.3 is 19.9 Å². The average Bonchev–Trinajstić information content (AvgIpc) is 3.25. The molecule has 1 heterocycles. The summed E-state index contributed by atoms with van der Waals surface area (Å²) in [6.07, 6.45) is 5.75. The Morgan fingerprint density at radius 1 is 1.03 bits per heavy atom. The summed E-state index contributed by atoms with van der Waals surface area (Å²) in [7, 11) is 1.79. The van der Waals surface area contributed by atoms with E-state index in [0.29, 0.717) is 6.61 Å². The molecule has 164 valence electrons. The van der Waals surface area contributed by atoms with Crippen LogP contribution in [0.3, 0.4) is 0 Å². The lowest BCUT2D eigenvalue weighted by atomic mass is 10.1. The van der Waals surface area contributed by atoms with Gasteiger partial charge in [-0.05, 0) is 24.5 Å². The number of imidazole rings is 1. The zero-order chi connectivity index (χ0) is 21.7.